The fraction of sp³-hybridized carbons (Fsp3) is 0.478. The molecule has 0 atom stereocenters. The number of nitrogens with one attached hydrogen (secondary N) is 2. The Kier molecular flexibility index (Phi) is 6.11. The van der Waals surface area contributed by atoms with Crippen LogP contribution in [0.25, 0.3) is 0 Å². The molecule has 2 N–H and O–H groups in total. The maximum absolute atomic E-state index is 14.3. The zero-order valence-corrected chi connectivity index (χ0v) is 18.0. The molecule has 172 valence electrons. The van der Waals surface area contributed by atoms with Gasteiger partial charge in [0.2, 0.25) is 0 Å². The largest absolute Gasteiger partial charge is 0.420 e. The summed E-state index contributed by atoms with van der Waals surface area (Å²) in [5, 5.41) is 16.3. The van der Waals surface area contributed by atoms with Gasteiger partial charge < -0.3 is 4.90 Å². The molecule has 1 aromatic carbocycles. The van der Waals surface area contributed by atoms with Gasteiger partial charge in [0.05, 0.1) is 5.69 Å². The Morgan fingerprint density at radius 1 is 1.09 bits per heavy atom. The van der Waals surface area contributed by atoms with Gasteiger partial charge in [-0.1, -0.05) is 6.07 Å². The van der Waals surface area contributed by atoms with Crippen LogP contribution in [0.4, 0.5) is 23.2 Å². The quantitative estimate of drug-likeness (QED) is 0.404. The van der Waals surface area contributed by atoms with Crippen LogP contribution < -0.4 is 10.4 Å². The molecule has 0 amide bonds. The van der Waals surface area contributed by atoms with E-state index >= 15 is 0 Å². The van der Waals surface area contributed by atoms with Crippen LogP contribution in [0, 0.1) is 29.5 Å². The normalized spacial score (nSPS) is 17.6. The summed E-state index contributed by atoms with van der Waals surface area (Å²) in [6.45, 7) is 3.87. The molecule has 9 heteroatoms. The van der Waals surface area contributed by atoms with Crippen molar-refractivity contribution in [3.8, 4) is 0 Å². The third-order valence-corrected chi connectivity index (χ3v) is 6.19. The molecule has 5 nitrogen and oxygen atoms in total. The molecule has 1 aliphatic heterocycles. The van der Waals surface area contributed by atoms with Crippen molar-refractivity contribution in [2.24, 2.45) is 5.92 Å². The lowest BCUT2D eigenvalue weighted by Crippen LogP contribution is -2.46. The van der Waals surface area contributed by atoms with E-state index < -0.39 is 17.2 Å². The molecular formula is C23H27F4N5. The Morgan fingerprint density at radius 2 is 1.78 bits per heavy atom. The molecule has 1 saturated heterocycles. The van der Waals surface area contributed by atoms with Crippen molar-refractivity contribution in [3.63, 3.8) is 0 Å². The van der Waals surface area contributed by atoms with Gasteiger partial charge >= 0.3 is 6.18 Å². The molecule has 2 aromatic rings. The van der Waals surface area contributed by atoms with Gasteiger partial charge in [-0.15, -0.1) is 0 Å². The molecule has 2 aliphatic rings. The monoisotopic (exact) mass is 449 g/mol. The first-order valence-electron chi connectivity index (χ1n) is 10.8. The molecule has 32 heavy (non-hydrogen) atoms. The molecule has 0 spiro atoms. The van der Waals surface area contributed by atoms with Crippen LogP contribution in [0.1, 0.15) is 36.0 Å². The minimum absolute atomic E-state index is 0.0308. The number of piperazine rings is 1. The van der Waals surface area contributed by atoms with Gasteiger partial charge in [-0.3, -0.25) is 20.3 Å². The highest BCUT2D eigenvalue weighted by molar-refractivity contribution is 5.81. The number of aryl methyl sites for hydroxylation is 1. The lowest BCUT2D eigenvalue weighted by molar-refractivity contribution is -0.140. The zero-order valence-electron chi connectivity index (χ0n) is 18.0. The summed E-state index contributed by atoms with van der Waals surface area (Å²) < 4.78 is 56.9. The maximum atomic E-state index is 14.3. The number of benzene rings is 1. The number of anilines is 1. The summed E-state index contributed by atoms with van der Waals surface area (Å²) in [5.74, 6) is 0.0827. The van der Waals surface area contributed by atoms with Crippen LogP contribution in [-0.4, -0.2) is 41.5 Å². The van der Waals surface area contributed by atoms with E-state index in [0.29, 0.717) is 44.2 Å². The first kappa shape index (κ1) is 22.5. The van der Waals surface area contributed by atoms with E-state index in [-0.39, 0.29) is 23.8 Å². The van der Waals surface area contributed by atoms with E-state index in [1.54, 1.807) is 6.07 Å². The van der Waals surface area contributed by atoms with Crippen molar-refractivity contribution in [3.05, 3.63) is 58.5 Å². The van der Waals surface area contributed by atoms with E-state index in [9.17, 15) is 17.6 Å². The maximum Gasteiger partial charge on any atom is 0.420 e. The summed E-state index contributed by atoms with van der Waals surface area (Å²) in [6.07, 6.45) is -0.902. The van der Waals surface area contributed by atoms with E-state index in [4.69, 9.17) is 10.8 Å². The number of halogens is 4. The fourth-order valence-corrected chi connectivity index (χ4v) is 4.22. The minimum Gasteiger partial charge on any atom is -0.367 e. The third-order valence-electron chi connectivity index (χ3n) is 6.19. The average Bonchev–Trinajstić information content (AvgIpc) is 3.52. The summed E-state index contributed by atoms with van der Waals surface area (Å²) in [4.78, 5) is 3.80. The van der Waals surface area contributed by atoms with Gasteiger partial charge in [0, 0.05) is 45.3 Å². The molecule has 1 saturated carbocycles. The fourth-order valence-electron chi connectivity index (χ4n) is 4.22. The average molecular weight is 449 g/mol. The molecule has 0 radical (unpaired) electrons. The van der Waals surface area contributed by atoms with Gasteiger partial charge in [0.1, 0.15) is 22.7 Å². The zero-order chi connectivity index (χ0) is 23.0. The number of nitrogens with zero attached hydrogens (tertiary/aromatic N) is 3. The first-order chi connectivity index (χ1) is 15.1. The lowest BCUT2D eigenvalue weighted by atomic mass is 10.1. The van der Waals surface area contributed by atoms with Crippen LogP contribution in [0.5, 0.6) is 0 Å². The Bertz CT molecular complexity index is 1060. The Labute approximate surface area is 184 Å². The number of pyridine rings is 1. The Morgan fingerprint density at radius 3 is 2.38 bits per heavy atom. The van der Waals surface area contributed by atoms with Crippen LogP contribution in [0.15, 0.2) is 30.5 Å². The van der Waals surface area contributed by atoms with E-state index in [1.807, 2.05) is 22.8 Å². The van der Waals surface area contributed by atoms with Gasteiger partial charge in [0.15, 0.2) is 0 Å². The van der Waals surface area contributed by atoms with E-state index in [0.717, 1.165) is 23.0 Å². The second kappa shape index (κ2) is 8.69. The van der Waals surface area contributed by atoms with Gasteiger partial charge in [-0.05, 0) is 55.0 Å². The van der Waals surface area contributed by atoms with Crippen molar-refractivity contribution >= 4 is 11.5 Å². The van der Waals surface area contributed by atoms with Crippen molar-refractivity contribution in [2.45, 2.75) is 38.9 Å². The Balaban J connectivity index is 1.50. The van der Waals surface area contributed by atoms with E-state index in [1.165, 1.54) is 18.3 Å². The molecule has 0 unspecified atom stereocenters. The topological polar surface area (TPSA) is 59.1 Å². The summed E-state index contributed by atoms with van der Waals surface area (Å²) >= 11 is 0. The SMILES string of the molecule is Cc1ccc(N2CCN(Cc3ccn(C(=N)CC4CC4)c(=N)c3C(F)(F)F)CC2)c(F)c1. The molecule has 2 heterocycles. The first-order valence-corrected chi connectivity index (χ1v) is 10.8. The molecule has 2 fully saturated rings. The van der Waals surface area contributed by atoms with Crippen LogP contribution in [0.2, 0.25) is 0 Å². The standard InChI is InChI=1S/C23H27F4N5/c1-15-2-5-19(18(24)12-15)31-10-8-30(9-11-31)14-17-6-7-32(20(28)13-16-3-4-16)22(29)21(17)23(25,26)27/h2,5-7,12,16,28-29H,3-4,8-11,13-14H2,1H3. The summed E-state index contributed by atoms with van der Waals surface area (Å²) in [6, 6.07) is 6.44. The molecule has 4 rings (SSSR count). The van der Waals surface area contributed by atoms with Crippen molar-refractivity contribution < 1.29 is 17.6 Å². The minimum atomic E-state index is -4.68. The molecule has 1 aliphatic carbocycles. The third kappa shape index (κ3) is 4.87. The second-order valence-corrected chi connectivity index (χ2v) is 8.74. The van der Waals surface area contributed by atoms with Crippen LogP contribution >= 0.6 is 0 Å². The number of hydrogen-bond donors (Lipinski definition) is 2. The van der Waals surface area contributed by atoms with Gasteiger partial charge in [-0.25, -0.2) is 4.39 Å². The van der Waals surface area contributed by atoms with E-state index in [2.05, 4.69) is 0 Å². The number of alkyl halides is 3. The van der Waals surface area contributed by atoms with Gasteiger partial charge in [0.25, 0.3) is 0 Å². The molecule has 0 bridgehead atoms. The Hall–Kier alpha value is -2.68. The van der Waals surface area contributed by atoms with Crippen molar-refractivity contribution in [1.82, 2.24) is 9.47 Å². The van der Waals surface area contributed by atoms with Crippen LogP contribution in [-0.2, 0) is 12.7 Å². The summed E-state index contributed by atoms with van der Waals surface area (Å²) in [7, 11) is 0. The van der Waals surface area contributed by atoms with Crippen LogP contribution in [0.3, 0.4) is 0 Å². The van der Waals surface area contributed by atoms with Crippen molar-refractivity contribution in [2.75, 3.05) is 31.1 Å². The smallest absolute Gasteiger partial charge is 0.367 e. The number of rotatable bonds is 5. The van der Waals surface area contributed by atoms with Gasteiger partial charge in [-0.2, -0.15) is 13.2 Å². The highest BCUT2D eigenvalue weighted by Gasteiger charge is 2.37. The lowest BCUT2D eigenvalue weighted by Gasteiger charge is -2.36. The summed E-state index contributed by atoms with van der Waals surface area (Å²) in [5.41, 5.74) is -0.279. The molecule has 1 aromatic heterocycles. The number of hydrogen-bond acceptors (Lipinski definition) is 4. The van der Waals surface area contributed by atoms with Crippen molar-refractivity contribution in [1.29, 1.82) is 10.8 Å². The number of aromatic nitrogens is 1. The second-order valence-electron chi connectivity index (χ2n) is 8.74. The highest BCUT2D eigenvalue weighted by atomic mass is 19.4. The predicted octanol–water partition coefficient (Wildman–Crippen LogP) is 4.38. The predicted molar refractivity (Wildman–Crippen MR) is 114 cm³/mol. The molecular weight excluding hydrogens is 422 g/mol. The highest BCUT2D eigenvalue weighted by Crippen LogP contribution is 2.33.